The van der Waals surface area contributed by atoms with Gasteiger partial charge in [0.15, 0.2) is 0 Å². The van der Waals surface area contributed by atoms with Gasteiger partial charge in [-0.2, -0.15) is 5.10 Å². The van der Waals surface area contributed by atoms with Crippen molar-refractivity contribution in [1.29, 1.82) is 0 Å². The molecule has 3 aromatic rings. The van der Waals surface area contributed by atoms with Crippen LogP contribution in [0.5, 0.6) is 0 Å². The number of aromatic nitrogens is 4. The molecule has 0 saturated heterocycles. The Bertz CT molecular complexity index is 912. The van der Waals surface area contributed by atoms with Crippen molar-refractivity contribution >= 4 is 16.9 Å². The number of nitrogens with one attached hydrogen (secondary N) is 2. The molecule has 1 aromatic carbocycles. The molecule has 0 fully saturated rings. The minimum absolute atomic E-state index is 0.151. The Morgan fingerprint density at radius 2 is 2.15 bits per heavy atom. The Morgan fingerprint density at radius 1 is 1.38 bits per heavy atom. The third-order valence-corrected chi connectivity index (χ3v) is 4.57. The van der Waals surface area contributed by atoms with Gasteiger partial charge in [-0.1, -0.05) is 0 Å². The van der Waals surface area contributed by atoms with Crippen molar-refractivity contribution in [3.63, 3.8) is 0 Å². The fourth-order valence-corrected chi connectivity index (χ4v) is 3.16. The number of aromatic amines is 2. The summed E-state index contributed by atoms with van der Waals surface area (Å²) in [4.78, 5) is 22.0. The fraction of sp³-hybridized carbons (Fsp3) is 0.389. The summed E-state index contributed by atoms with van der Waals surface area (Å²) in [7, 11) is 0. The van der Waals surface area contributed by atoms with E-state index < -0.39 is 6.04 Å². The topological polar surface area (TPSA) is 104 Å². The molecule has 0 aliphatic rings. The number of likely N-dealkylation sites (N-methyl/N-ethyl adjacent to an activating group) is 1. The first-order chi connectivity index (χ1) is 12.4. The summed E-state index contributed by atoms with van der Waals surface area (Å²) in [5, 5.41) is 6.97. The molecule has 0 radical (unpaired) electrons. The number of benzene rings is 1. The van der Waals surface area contributed by atoms with Gasteiger partial charge in [-0.05, 0) is 39.0 Å². The number of halogens is 1. The summed E-state index contributed by atoms with van der Waals surface area (Å²) < 4.78 is 13.3. The molecule has 4 N–H and O–H groups in total. The average molecular weight is 358 g/mol. The molecule has 0 spiro atoms. The summed E-state index contributed by atoms with van der Waals surface area (Å²) in [6, 6.07) is 3.67. The predicted molar refractivity (Wildman–Crippen MR) is 97.0 cm³/mol. The van der Waals surface area contributed by atoms with Gasteiger partial charge in [0, 0.05) is 30.8 Å². The summed E-state index contributed by atoms with van der Waals surface area (Å²) in [5.74, 6) is 0.248. The first-order valence-electron chi connectivity index (χ1n) is 8.60. The number of nitrogens with zero attached hydrogens (tertiary/aromatic N) is 3. The molecular weight excluding hydrogens is 335 g/mol. The van der Waals surface area contributed by atoms with Crippen molar-refractivity contribution < 1.29 is 9.18 Å². The molecule has 8 heteroatoms. The summed E-state index contributed by atoms with van der Waals surface area (Å²) in [6.07, 6.45) is 0.534. The van der Waals surface area contributed by atoms with Gasteiger partial charge < -0.3 is 15.6 Å². The monoisotopic (exact) mass is 358 g/mol. The summed E-state index contributed by atoms with van der Waals surface area (Å²) >= 11 is 0. The van der Waals surface area contributed by atoms with Crippen LogP contribution in [0.3, 0.4) is 0 Å². The van der Waals surface area contributed by atoms with E-state index in [-0.39, 0.29) is 11.7 Å². The number of hydrogen-bond donors (Lipinski definition) is 3. The lowest BCUT2D eigenvalue weighted by Gasteiger charge is -2.24. The number of amides is 1. The number of carbonyl (C=O) groups is 1. The van der Waals surface area contributed by atoms with E-state index in [2.05, 4.69) is 20.2 Å². The number of H-pyrrole nitrogens is 2. The second-order valence-corrected chi connectivity index (χ2v) is 6.34. The van der Waals surface area contributed by atoms with E-state index in [0.717, 1.165) is 17.0 Å². The smallest absolute Gasteiger partial charge is 0.244 e. The minimum Gasteiger partial charge on any atom is -0.342 e. The van der Waals surface area contributed by atoms with E-state index in [9.17, 15) is 9.18 Å². The average Bonchev–Trinajstić information content (AvgIpc) is 3.16. The lowest BCUT2D eigenvalue weighted by Crippen LogP contribution is -2.40. The van der Waals surface area contributed by atoms with Crippen molar-refractivity contribution in [2.75, 3.05) is 13.1 Å². The van der Waals surface area contributed by atoms with Crippen LogP contribution in [0.25, 0.3) is 11.0 Å². The first kappa shape index (κ1) is 18.1. The Labute approximate surface area is 150 Å². The molecule has 2 heterocycles. The van der Waals surface area contributed by atoms with Crippen LogP contribution in [0.4, 0.5) is 4.39 Å². The van der Waals surface area contributed by atoms with Gasteiger partial charge in [-0.15, -0.1) is 0 Å². The zero-order chi connectivity index (χ0) is 18.8. The fourth-order valence-electron chi connectivity index (χ4n) is 3.16. The maximum Gasteiger partial charge on any atom is 0.244 e. The number of fused-ring (bicyclic) bond motifs is 1. The molecule has 138 valence electrons. The van der Waals surface area contributed by atoms with Gasteiger partial charge in [-0.25, -0.2) is 9.37 Å². The van der Waals surface area contributed by atoms with Crippen LogP contribution in [0.15, 0.2) is 18.2 Å². The van der Waals surface area contributed by atoms with E-state index in [1.807, 2.05) is 20.8 Å². The quantitative estimate of drug-likeness (QED) is 0.628. The highest BCUT2D eigenvalue weighted by molar-refractivity contribution is 5.83. The van der Waals surface area contributed by atoms with Crippen molar-refractivity contribution in [2.24, 2.45) is 5.73 Å². The predicted octanol–water partition coefficient (Wildman–Crippen LogP) is 2.13. The summed E-state index contributed by atoms with van der Waals surface area (Å²) in [5.41, 5.74) is 9.83. The Morgan fingerprint density at radius 3 is 2.81 bits per heavy atom. The minimum atomic E-state index is -0.751. The van der Waals surface area contributed by atoms with Gasteiger partial charge >= 0.3 is 0 Å². The van der Waals surface area contributed by atoms with Crippen molar-refractivity contribution in [3.8, 4) is 0 Å². The van der Waals surface area contributed by atoms with Crippen LogP contribution in [0.1, 0.15) is 35.7 Å². The highest BCUT2D eigenvalue weighted by Crippen LogP contribution is 2.20. The molecular formula is C18H23FN6O. The lowest BCUT2D eigenvalue weighted by molar-refractivity contribution is -0.132. The summed E-state index contributed by atoms with van der Waals surface area (Å²) in [6.45, 7) is 6.61. The number of aryl methyl sites for hydroxylation is 2. The maximum absolute atomic E-state index is 13.3. The van der Waals surface area contributed by atoms with E-state index in [1.54, 1.807) is 11.0 Å². The molecule has 3 rings (SSSR count). The Kier molecular flexibility index (Phi) is 5.03. The standard InChI is InChI=1S/C18H23FN6O/c1-4-25(18(26)17(20)16-10(2)23-24-11(16)3)8-7-15-21-13-6-5-12(19)9-14(13)22-15/h5-6,9,17H,4,7-8,20H2,1-3H3,(H,21,22)(H,23,24)/t17-/m1/s1. The zero-order valence-electron chi connectivity index (χ0n) is 15.1. The van der Waals surface area contributed by atoms with Crippen LogP contribution in [0.2, 0.25) is 0 Å². The van der Waals surface area contributed by atoms with Crippen LogP contribution >= 0.6 is 0 Å². The number of carbonyl (C=O) groups excluding carboxylic acids is 1. The second kappa shape index (κ2) is 7.25. The molecule has 26 heavy (non-hydrogen) atoms. The lowest BCUT2D eigenvalue weighted by atomic mass is 10.0. The second-order valence-electron chi connectivity index (χ2n) is 6.34. The molecule has 0 aliphatic carbocycles. The molecule has 0 aliphatic heterocycles. The van der Waals surface area contributed by atoms with Gasteiger partial charge in [0.25, 0.3) is 0 Å². The van der Waals surface area contributed by atoms with E-state index in [4.69, 9.17) is 5.73 Å². The number of hydrogen-bond acceptors (Lipinski definition) is 4. The van der Waals surface area contributed by atoms with Crippen molar-refractivity contribution in [3.05, 3.63) is 46.8 Å². The zero-order valence-corrected chi connectivity index (χ0v) is 15.1. The normalized spacial score (nSPS) is 12.5. The van der Waals surface area contributed by atoms with Crippen molar-refractivity contribution in [2.45, 2.75) is 33.2 Å². The number of imidazole rings is 1. The maximum atomic E-state index is 13.3. The van der Waals surface area contributed by atoms with Crippen LogP contribution in [-0.4, -0.2) is 44.1 Å². The molecule has 0 bridgehead atoms. The van der Waals surface area contributed by atoms with Gasteiger partial charge in [0.1, 0.15) is 17.7 Å². The van der Waals surface area contributed by atoms with Gasteiger partial charge in [-0.3, -0.25) is 9.89 Å². The molecule has 2 aromatic heterocycles. The third kappa shape index (κ3) is 3.45. The Balaban J connectivity index is 1.71. The number of rotatable bonds is 6. The van der Waals surface area contributed by atoms with Crippen molar-refractivity contribution in [1.82, 2.24) is 25.1 Å². The van der Waals surface area contributed by atoms with Crippen LogP contribution < -0.4 is 5.73 Å². The van der Waals surface area contributed by atoms with Crippen LogP contribution in [0, 0.1) is 19.7 Å². The molecule has 0 saturated carbocycles. The number of nitrogens with two attached hydrogens (primary N) is 1. The van der Waals surface area contributed by atoms with Gasteiger partial charge in [0.2, 0.25) is 5.91 Å². The molecule has 7 nitrogen and oxygen atoms in total. The molecule has 1 atom stereocenters. The van der Waals surface area contributed by atoms with E-state index >= 15 is 0 Å². The first-order valence-corrected chi connectivity index (χ1v) is 8.60. The molecule has 0 unspecified atom stereocenters. The van der Waals surface area contributed by atoms with E-state index in [1.165, 1.54) is 12.1 Å². The highest BCUT2D eigenvalue weighted by atomic mass is 19.1. The highest BCUT2D eigenvalue weighted by Gasteiger charge is 2.25. The SMILES string of the molecule is CCN(CCc1nc2ccc(F)cc2[nH]1)C(=O)[C@H](N)c1c(C)n[nH]c1C. The van der Waals surface area contributed by atoms with Crippen LogP contribution in [-0.2, 0) is 11.2 Å². The van der Waals surface area contributed by atoms with E-state index in [0.29, 0.717) is 36.4 Å². The molecule has 1 amide bonds. The third-order valence-electron chi connectivity index (χ3n) is 4.57. The Hall–Kier alpha value is -2.74. The largest absolute Gasteiger partial charge is 0.342 e. The van der Waals surface area contributed by atoms with Gasteiger partial charge in [0.05, 0.1) is 16.7 Å².